The second kappa shape index (κ2) is 12.8. The Bertz CT molecular complexity index is 267. The fourth-order valence-corrected chi connectivity index (χ4v) is 2.61. The van der Waals surface area contributed by atoms with Crippen LogP contribution in [0.1, 0.15) is 39.0 Å². The Hall–Kier alpha value is -0.690. The topological polar surface area (TPSA) is 0 Å². The van der Waals surface area contributed by atoms with Crippen LogP contribution in [0, 0.1) is 5.92 Å². The average molecular weight is 264 g/mol. The van der Waals surface area contributed by atoms with Gasteiger partial charge in [-0.1, -0.05) is 74.8 Å². The van der Waals surface area contributed by atoms with E-state index in [0.717, 1.165) is 5.92 Å². The smallest absolute Gasteiger partial charge is 0.00677 e. The maximum Gasteiger partial charge on any atom is -0.00677 e. The zero-order valence-electron chi connectivity index (χ0n) is 12.0. The summed E-state index contributed by atoms with van der Waals surface area (Å²) >= 11 is 1.99. The van der Waals surface area contributed by atoms with Gasteiger partial charge < -0.3 is 0 Å². The van der Waals surface area contributed by atoms with Crippen LogP contribution in [0.15, 0.2) is 49.1 Å². The van der Waals surface area contributed by atoms with Gasteiger partial charge in [0.15, 0.2) is 0 Å². The average Bonchev–Trinajstić information content (AvgIpc) is 2.88. The van der Waals surface area contributed by atoms with Crippen molar-refractivity contribution in [3.05, 3.63) is 49.1 Å². The summed E-state index contributed by atoms with van der Waals surface area (Å²) in [7, 11) is 0. The first kappa shape index (κ1) is 17.3. The van der Waals surface area contributed by atoms with Gasteiger partial charge >= 0.3 is 0 Å². The fourth-order valence-electron chi connectivity index (χ4n) is 2.04. The van der Waals surface area contributed by atoms with Crippen molar-refractivity contribution in [3.63, 3.8) is 0 Å². The molecule has 0 saturated heterocycles. The first-order valence-electron chi connectivity index (χ1n) is 6.82. The van der Waals surface area contributed by atoms with Gasteiger partial charge in [0.2, 0.25) is 0 Å². The van der Waals surface area contributed by atoms with E-state index in [0.29, 0.717) is 0 Å². The summed E-state index contributed by atoms with van der Waals surface area (Å²) < 4.78 is 0. The summed E-state index contributed by atoms with van der Waals surface area (Å²) in [6.45, 7) is 9.14. The highest BCUT2D eigenvalue weighted by Crippen LogP contribution is 2.28. The van der Waals surface area contributed by atoms with Crippen molar-refractivity contribution in [1.82, 2.24) is 0 Å². The monoisotopic (exact) mass is 264 g/mol. The number of allylic oxidation sites excluding steroid dienone is 6. The van der Waals surface area contributed by atoms with Crippen LogP contribution in [0.4, 0.5) is 0 Å². The van der Waals surface area contributed by atoms with Crippen LogP contribution in [0.2, 0.25) is 0 Å². The molecule has 0 unspecified atom stereocenters. The lowest BCUT2D eigenvalue weighted by Gasteiger charge is -2.05. The van der Waals surface area contributed by atoms with E-state index in [9.17, 15) is 0 Å². The van der Waals surface area contributed by atoms with E-state index in [1.165, 1.54) is 43.4 Å². The molecule has 0 amide bonds. The molecule has 0 atom stereocenters. The molecule has 1 fully saturated rings. The molecule has 1 heteroatoms. The van der Waals surface area contributed by atoms with Crippen molar-refractivity contribution in [2.75, 3.05) is 12.0 Å². The van der Waals surface area contributed by atoms with Crippen molar-refractivity contribution in [1.29, 1.82) is 0 Å². The molecule has 0 nitrogen and oxygen atoms in total. The molecule has 0 spiro atoms. The minimum Gasteiger partial charge on any atom is -0.165 e. The molecule has 0 heterocycles. The van der Waals surface area contributed by atoms with Gasteiger partial charge in [0.05, 0.1) is 0 Å². The maximum absolute atomic E-state index is 3.57. The van der Waals surface area contributed by atoms with Crippen molar-refractivity contribution >= 4 is 11.8 Å². The number of thioether (sulfide) groups is 1. The summed E-state index contributed by atoms with van der Waals surface area (Å²) in [6, 6.07) is 0. The van der Waals surface area contributed by atoms with E-state index in [1.54, 1.807) is 12.2 Å². The van der Waals surface area contributed by atoms with Gasteiger partial charge in [0, 0.05) is 0 Å². The molecule has 1 saturated carbocycles. The number of hydrogen-bond donors (Lipinski definition) is 0. The lowest BCUT2D eigenvalue weighted by atomic mass is 10.1. The van der Waals surface area contributed by atoms with E-state index < -0.39 is 0 Å². The van der Waals surface area contributed by atoms with Crippen LogP contribution in [0.25, 0.3) is 0 Å². The minimum atomic E-state index is 1.09. The highest BCUT2D eigenvalue weighted by Gasteiger charge is 2.13. The fraction of sp³-hybridized carbons (Fsp3) is 0.529. The van der Waals surface area contributed by atoms with Crippen molar-refractivity contribution in [2.45, 2.75) is 39.0 Å². The van der Waals surface area contributed by atoms with E-state index in [4.69, 9.17) is 0 Å². The molecule has 0 aromatic rings. The largest absolute Gasteiger partial charge is 0.165 e. The van der Waals surface area contributed by atoms with Gasteiger partial charge in [-0.05, 0) is 31.3 Å². The Morgan fingerprint density at radius 3 is 2.39 bits per heavy atom. The van der Waals surface area contributed by atoms with Gasteiger partial charge in [-0.15, -0.1) is 0 Å². The lowest BCUT2D eigenvalue weighted by Crippen LogP contribution is -1.93. The van der Waals surface area contributed by atoms with Crippen molar-refractivity contribution < 1.29 is 0 Å². The van der Waals surface area contributed by atoms with E-state index in [2.05, 4.69) is 19.4 Å². The van der Waals surface area contributed by atoms with E-state index >= 15 is 0 Å². The summed E-state index contributed by atoms with van der Waals surface area (Å²) in [6.07, 6.45) is 19.0. The van der Waals surface area contributed by atoms with Crippen molar-refractivity contribution in [2.24, 2.45) is 5.92 Å². The van der Waals surface area contributed by atoms with Crippen LogP contribution >= 0.6 is 11.8 Å². The maximum atomic E-state index is 3.57. The second-order valence-electron chi connectivity index (χ2n) is 4.67. The van der Waals surface area contributed by atoms with Crippen LogP contribution in [0.5, 0.6) is 0 Å². The zero-order chi connectivity index (χ0) is 13.6. The molecule has 0 N–H and O–H groups in total. The first-order chi connectivity index (χ1) is 8.74. The number of rotatable bonds is 6. The van der Waals surface area contributed by atoms with E-state index in [-0.39, 0.29) is 0 Å². The van der Waals surface area contributed by atoms with E-state index in [1.807, 2.05) is 36.9 Å². The Morgan fingerprint density at radius 1 is 1.22 bits per heavy atom. The molecule has 0 aromatic heterocycles. The highest BCUT2D eigenvalue weighted by molar-refractivity contribution is 7.98. The van der Waals surface area contributed by atoms with Crippen LogP contribution in [0.3, 0.4) is 0 Å². The molecule has 0 aliphatic heterocycles. The summed E-state index contributed by atoms with van der Waals surface area (Å²) in [5, 5.41) is 0. The van der Waals surface area contributed by atoms with Gasteiger partial charge in [0.1, 0.15) is 0 Å². The predicted octanol–water partition coefficient (Wildman–Crippen LogP) is 5.79. The highest BCUT2D eigenvalue weighted by atomic mass is 32.2. The first-order valence-corrected chi connectivity index (χ1v) is 8.21. The molecule has 0 radical (unpaired) electrons. The Kier molecular flexibility index (Phi) is 12.3. The molecule has 18 heavy (non-hydrogen) atoms. The third-order valence-electron chi connectivity index (χ3n) is 3.08. The standard InChI is InChI=1S/C9H12.C8H16S/c1-4-6-8-9(3)7-5-2;1-9-7-6-8-4-2-3-5-8/h4-8H,1-2H2,3H3;8H,2-7H2,1H3/b8-6-,9-7-;. The molecule has 1 aliphatic carbocycles. The molecular weight excluding hydrogens is 236 g/mol. The van der Waals surface area contributed by atoms with Crippen LogP contribution in [-0.2, 0) is 0 Å². The Morgan fingerprint density at radius 2 is 1.89 bits per heavy atom. The van der Waals surface area contributed by atoms with Gasteiger partial charge in [-0.3, -0.25) is 0 Å². The van der Waals surface area contributed by atoms with Gasteiger partial charge in [-0.2, -0.15) is 11.8 Å². The third-order valence-corrected chi connectivity index (χ3v) is 3.72. The Balaban J connectivity index is 0.000000321. The summed E-state index contributed by atoms with van der Waals surface area (Å²) in [5.41, 5.74) is 1.19. The Labute approximate surface area is 118 Å². The zero-order valence-corrected chi connectivity index (χ0v) is 12.8. The lowest BCUT2D eigenvalue weighted by molar-refractivity contribution is 0.535. The third kappa shape index (κ3) is 10.5. The van der Waals surface area contributed by atoms with Gasteiger partial charge in [0.25, 0.3) is 0 Å². The quantitative estimate of drug-likeness (QED) is 0.547. The van der Waals surface area contributed by atoms with Crippen LogP contribution < -0.4 is 0 Å². The molecule has 1 rings (SSSR count). The van der Waals surface area contributed by atoms with Crippen LogP contribution in [-0.4, -0.2) is 12.0 Å². The molecule has 102 valence electrons. The molecular formula is C17H28S. The SMILES string of the molecule is C=C/C=C\C(C)=C/C=C.CSCCC1CCCC1. The second-order valence-corrected chi connectivity index (χ2v) is 5.66. The van der Waals surface area contributed by atoms with Gasteiger partial charge in [-0.25, -0.2) is 0 Å². The summed E-state index contributed by atoms with van der Waals surface area (Å²) in [4.78, 5) is 0. The predicted molar refractivity (Wildman–Crippen MR) is 88.2 cm³/mol. The molecule has 1 aliphatic rings. The molecule has 0 bridgehead atoms. The minimum absolute atomic E-state index is 1.09. The normalized spacial score (nSPS) is 16.4. The summed E-state index contributed by atoms with van der Waals surface area (Å²) in [5.74, 6) is 2.47. The van der Waals surface area contributed by atoms with Crippen molar-refractivity contribution in [3.8, 4) is 0 Å². The number of hydrogen-bond acceptors (Lipinski definition) is 1. The molecule has 0 aromatic carbocycles.